The number of halogens is 1. The summed E-state index contributed by atoms with van der Waals surface area (Å²) < 4.78 is 0. The van der Waals surface area contributed by atoms with Crippen molar-refractivity contribution in [1.29, 1.82) is 0 Å². The van der Waals surface area contributed by atoms with Crippen LogP contribution in [0.15, 0.2) is 11.7 Å². The van der Waals surface area contributed by atoms with Crippen LogP contribution in [0.2, 0.25) is 0 Å². The van der Waals surface area contributed by atoms with E-state index in [0.717, 1.165) is 13.1 Å². The van der Waals surface area contributed by atoms with E-state index in [1.165, 1.54) is 11.3 Å². The molecule has 4 heteroatoms. The number of hydrogen-bond acceptors (Lipinski definition) is 3. The maximum Gasteiger partial charge on any atom is 0.0794 e. The van der Waals surface area contributed by atoms with Gasteiger partial charge < -0.3 is 4.90 Å². The lowest BCUT2D eigenvalue weighted by Crippen LogP contribution is -2.20. The molecule has 1 aromatic rings. The second-order valence-electron chi connectivity index (χ2n) is 3.27. The smallest absolute Gasteiger partial charge is 0.0794 e. The van der Waals surface area contributed by atoms with Crippen LogP contribution < -0.4 is 0 Å². The first-order valence-corrected chi connectivity index (χ1v) is 6.18. The highest BCUT2D eigenvalue weighted by atomic mass is 79.9. The van der Waals surface area contributed by atoms with Gasteiger partial charge in [0.25, 0.3) is 0 Å². The molecular weight excluding hydrogens is 248 g/mol. The van der Waals surface area contributed by atoms with Crippen molar-refractivity contribution in [3.05, 3.63) is 16.6 Å². The highest BCUT2D eigenvalue weighted by Gasteiger charge is 2.03. The SMILES string of the molecule is CC(Br)CCN(C)Cc1cncs1. The molecule has 1 heterocycles. The van der Waals surface area contributed by atoms with Crippen molar-refractivity contribution >= 4 is 27.3 Å². The predicted octanol–water partition coefficient (Wildman–Crippen LogP) is 2.75. The Bertz CT molecular complexity index is 224. The van der Waals surface area contributed by atoms with Gasteiger partial charge in [0, 0.05) is 22.4 Å². The fourth-order valence-electron chi connectivity index (χ4n) is 1.06. The molecule has 0 fully saturated rings. The van der Waals surface area contributed by atoms with E-state index in [0.29, 0.717) is 4.83 Å². The van der Waals surface area contributed by atoms with Crippen LogP contribution in [0.3, 0.4) is 0 Å². The number of alkyl halides is 1. The largest absolute Gasteiger partial charge is 0.301 e. The summed E-state index contributed by atoms with van der Waals surface area (Å²) in [6, 6.07) is 0. The Balaban J connectivity index is 2.22. The van der Waals surface area contributed by atoms with Crippen molar-refractivity contribution in [1.82, 2.24) is 9.88 Å². The molecule has 0 radical (unpaired) electrons. The van der Waals surface area contributed by atoms with Gasteiger partial charge in [-0.3, -0.25) is 4.98 Å². The van der Waals surface area contributed by atoms with Gasteiger partial charge in [-0.25, -0.2) is 0 Å². The minimum Gasteiger partial charge on any atom is -0.301 e. The zero-order valence-corrected chi connectivity index (χ0v) is 10.4. The van der Waals surface area contributed by atoms with Crippen LogP contribution >= 0.6 is 27.3 Å². The molecule has 0 amide bonds. The van der Waals surface area contributed by atoms with Gasteiger partial charge in [-0.2, -0.15) is 0 Å². The topological polar surface area (TPSA) is 16.1 Å². The summed E-state index contributed by atoms with van der Waals surface area (Å²) in [6.07, 6.45) is 3.13. The van der Waals surface area contributed by atoms with E-state index in [1.807, 2.05) is 11.7 Å². The molecule has 0 saturated carbocycles. The maximum atomic E-state index is 4.05. The molecule has 0 aliphatic rings. The van der Waals surface area contributed by atoms with E-state index in [2.05, 4.69) is 39.8 Å². The molecule has 2 nitrogen and oxygen atoms in total. The van der Waals surface area contributed by atoms with Gasteiger partial charge in [0.1, 0.15) is 0 Å². The summed E-state index contributed by atoms with van der Waals surface area (Å²) in [5.41, 5.74) is 1.89. The van der Waals surface area contributed by atoms with Crippen molar-refractivity contribution < 1.29 is 0 Å². The average Bonchev–Trinajstić information content (AvgIpc) is 2.53. The van der Waals surface area contributed by atoms with Crippen LogP contribution in [-0.2, 0) is 6.54 Å². The normalized spacial score (nSPS) is 13.5. The van der Waals surface area contributed by atoms with E-state index >= 15 is 0 Å². The van der Waals surface area contributed by atoms with E-state index in [9.17, 15) is 0 Å². The Morgan fingerprint density at radius 2 is 2.46 bits per heavy atom. The van der Waals surface area contributed by atoms with Crippen LogP contribution in [0.4, 0.5) is 0 Å². The summed E-state index contributed by atoms with van der Waals surface area (Å²) in [5, 5.41) is 0. The molecule has 74 valence electrons. The highest BCUT2D eigenvalue weighted by Crippen LogP contribution is 2.10. The van der Waals surface area contributed by atoms with Crippen LogP contribution in [-0.4, -0.2) is 28.3 Å². The second-order valence-corrected chi connectivity index (χ2v) is 5.81. The van der Waals surface area contributed by atoms with Crippen molar-refractivity contribution in [2.75, 3.05) is 13.6 Å². The van der Waals surface area contributed by atoms with Crippen molar-refractivity contribution in [2.24, 2.45) is 0 Å². The first-order chi connectivity index (χ1) is 6.18. The van der Waals surface area contributed by atoms with Gasteiger partial charge in [-0.1, -0.05) is 22.9 Å². The lowest BCUT2D eigenvalue weighted by molar-refractivity contribution is 0.325. The Morgan fingerprint density at radius 3 is 3.00 bits per heavy atom. The van der Waals surface area contributed by atoms with Gasteiger partial charge in [-0.15, -0.1) is 11.3 Å². The zero-order valence-electron chi connectivity index (χ0n) is 8.03. The van der Waals surface area contributed by atoms with Gasteiger partial charge in [0.15, 0.2) is 0 Å². The summed E-state index contributed by atoms with van der Waals surface area (Å²) in [4.78, 5) is 8.32. The van der Waals surface area contributed by atoms with Crippen LogP contribution in [0.1, 0.15) is 18.2 Å². The second kappa shape index (κ2) is 5.73. The molecule has 1 atom stereocenters. The first kappa shape index (κ1) is 11.1. The Hall–Kier alpha value is 0.0700. The zero-order chi connectivity index (χ0) is 9.68. The standard InChI is InChI=1S/C9H15BrN2S/c1-8(10)3-4-12(2)6-9-5-11-7-13-9/h5,7-8H,3-4,6H2,1-2H3. The lowest BCUT2D eigenvalue weighted by atomic mass is 10.3. The van der Waals surface area contributed by atoms with Crippen LogP contribution in [0.25, 0.3) is 0 Å². The molecule has 0 N–H and O–H groups in total. The quantitative estimate of drug-likeness (QED) is 0.759. The lowest BCUT2D eigenvalue weighted by Gasteiger charge is -2.15. The molecule has 0 aliphatic carbocycles. The Morgan fingerprint density at radius 1 is 1.69 bits per heavy atom. The third kappa shape index (κ3) is 4.74. The molecule has 1 aromatic heterocycles. The monoisotopic (exact) mass is 262 g/mol. The molecule has 0 bridgehead atoms. The Labute approximate surface area is 92.1 Å². The van der Waals surface area contributed by atoms with Crippen molar-refractivity contribution in [3.8, 4) is 0 Å². The van der Waals surface area contributed by atoms with E-state index < -0.39 is 0 Å². The molecule has 0 aliphatic heterocycles. The maximum absolute atomic E-state index is 4.05. The van der Waals surface area contributed by atoms with Crippen LogP contribution in [0.5, 0.6) is 0 Å². The molecule has 0 saturated heterocycles. The third-order valence-corrected chi connectivity index (χ3v) is 3.04. The molecule has 1 unspecified atom stereocenters. The number of hydrogen-bond donors (Lipinski definition) is 0. The summed E-state index contributed by atoms with van der Waals surface area (Å²) in [7, 11) is 2.15. The Kier molecular flexibility index (Phi) is 4.91. The summed E-state index contributed by atoms with van der Waals surface area (Å²) in [6.45, 7) is 4.33. The van der Waals surface area contributed by atoms with E-state index in [-0.39, 0.29) is 0 Å². The molecular formula is C9H15BrN2S. The van der Waals surface area contributed by atoms with Crippen molar-refractivity contribution in [3.63, 3.8) is 0 Å². The predicted molar refractivity (Wildman–Crippen MR) is 61.5 cm³/mol. The van der Waals surface area contributed by atoms with Gasteiger partial charge in [-0.05, 0) is 20.0 Å². The summed E-state index contributed by atoms with van der Waals surface area (Å²) >= 11 is 5.27. The molecule has 0 aromatic carbocycles. The van der Waals surface area contributed by atoms with Gasteiger partial charge in [0.05, 0.1) is 5.51 Å². The number of aromatic nitrogens is 1. The fourth-order valence-corrected chi connectivity index (χ4v) is 1.94. The average molecular weight is 263 g/mol. The van der Waals surface area contributed by atoms with Crippen LogP contribution in [0, 0.1) is 0 Å². The van der Waals surface area contributed by atoms with E-state index in [1.54, 1.807) is 11.3 Å². The molecule has 13 heavy (non-hydrogen) atoms. The minimum atomic E-state index is 0.608. The number of nitrogens with zero attached hydrogens (tertiary/aromatic N) is 2. The highest BCUT2D eigenvalue weighted by molar-refractivity contribution is 9.09. The number of thiazole rings is 1. The third-order valence-electron chi connectivity index (χ3n) is 1.82. The first-order valence-electron chi connectivity index (χ1n) is 4.38. The molecule has 1 rings (SSSR count). The van der Waals surface area contributed by atoms with Crippen molar-refractivity contribution in [2.45, 2.75) is 24.7 Å². The fraction of sp³-hybridized carbons (Fsp3) is 0.667. The summed E-state index contributed by atoms with van der Waals surface area (Å²) in [5.74, 6) is 0. The molecule has 0 spiro atoms. The van der Waals surface area contributed by atoms with Gasteiger partial charge in [0.2, 0.25) is 0 Å². The van der Waals surface area contributed by atoms with E-state index in [4.69, 9.17) is 0 Å². The van der Waals surface area contributed by atoms with Gasteiger partial charge >= 0.3 is 0 Å². The minimum absolute atomic E-state index is 0.608. The number of rotatable bonds is 5.